The Labute approximate surface area is 111 Å². The SMILES string of the molecule is COCCCN(C)S(=O)(=O)c1ccc(Br)cc1. The van der Waals surface area contributed by atoms with E-state index < -0.39 is 10.0 Å². The van der Waals surface area contributed by atoms with Crippen LogP contribution in [-0.2, 0) is 14.8 Å². The first-order valence-corrected chi connectivity index (χ1v) is 7.42. The van der Waals surface area contributed by atoms with Crippen molar-refractivity contribution in [3.63, 3.8) is 0 Å². The van der Waals surface area contributed by atoms with E-state index in [-0.39, 0.29) is 0 Å². The van der Waals surface area contributed by atoms with Gasteiger partial charge in [-0.05, 0) is 30.7 Å². The maximum atomic E-state index is 12.1. The average Bonchev–Trinajstić information content (AvgIpc) is 2.29. The number of halogens is 1. The highest BCUT2D eigenvalue weighted by Crippen LogP contribution is 2.17. The molecule has 0 atom stereocenters. The maximum Gasteiger partial charge on any atom is 0.242 e. The lowest BCUT2D eigenvalue weighted by Gasteiger charge is -2.16. The molecule has 0 unspecified atom stereocenters. The quantitative estimate of drug-likeness (QED) is 0.754. The van der Waals surface area contributed by atoms with Crippen LogP contribution in [0.4, 0.5) is 0 Å². The first kappa shape index (κ1) is 14.6. The summed E-state index contributed by atoms with van der Waals surface area (Å²) in [7, 11) is -0.202. The molecule has 0 aliphatic rings. The minimum absolute atomic E-state index is 0.306. The topological polar surface area (TPSA) is 46.6 Å². The second kappa shape index (κ2) is 6.49. The third kappa shape index (κ3) is 4.06. The Morgan fingerprint density at radius 1 is 1.29 bits per heavy atom. The molecule has 0 amide bonds. The third-order valence-electron chi connectivity index (χ3n) is 2.34. The largest absolute Gasteiger partial charge is 0.385 e. The van der Waals surface area contributed by atoms with Gasteiger partial charge in [0.05, 0.1) is 4.90 Å². The number of benzene rings is 1. The highest BCUT2D eigenvalue weighted by molar-refractivity contribution is 9.10. The third-order valence-corrected chi connectivity index (χ3v) is 4.74. The summed E-state index contributed by atoms with van der Waals surface area (Å²) in [5, 5.41) is 0. The van der Waals surface area contributed by atoms with Crippen molar-refractivity contribution in [2.45, 2.75) is 11.3 Å². The van der Waals surface area contributed by atoms with Gasteiger partial charge in [0.1, 0.15) is 0 Å². The van der Waals surface area contributed by atoms with Crippen molar-refractivity contribution >= 4 is 26.0 Å². The molecule has 0 radical (unpaired) electrons. The fourth-order valence-corrected chi connectivity index (χ4v) is 2.81. The van der Waals surface area contributed by atoms with Crippen LogP contribution in [0.25, 0.3) is 0 Å². The Morgan fingerprint density at radius 3 is 2.41 bits per heavy atom. The predicted molar refractivity (Wildman–Crippen MR) is 70.5 cm³/mol. The fourth-order valence-electron chi connectivity index (χ4n) is 1.34. The van der Waals surface area contributed by atoms with Gasteiger partial charge in [0.2, 0.25) is 10.0 Å². The van der Waals surface area contributed by atoms with E-state index in [1.165, 1.54) is 4.31 Å². The molecule has 0 aliphatic heterocycles. The first-order chi connectivity index (χ1) is 7.98. The maximum absolute atomic E-state index is 12.1. The molecule has 0 fully saturated rings. The van der Waals surface area contributed by atoms with Gasteiger partial charge in [0.15, 0.2) is 0 Å². The summed E-state index contributed by atoms with van der Waals surface area (Å²) in [4.78, 5) is 0.306. The van der Waals surface area contributed by atoms with Crippen LogP contribution in [0.2, 0.25) is 0 Å². The molecular weight excluding hydrogens is 306 g/mol. The second-order valence-electron chi connectivity index (χ2n) is 3.63. The first-order valence-electron chi connectivity index (χ1n) is 5.19. The van der Waals surface area contributed by atoms with Gasteiger partial charge in [-0.1, -0.05) is 15.9 Å². The fraction of sp³-hybridized carbons (Fsp3) is 0.455. The van der Waals surface area contributed by atoms with E-state index in [4.69, 9.17) is 4.74 Å². The van der Waals surface area contributed by atoms with Crippen LogP contribution in [0.5, 0.6) is 0 Å². The smallest absolute Gasteiger partial charge is 0.242 e. The molecule has 0 bridgehead atoms. The Hall–Kier alpha value is -0.430. The molecule has 96 valence electrons. The van der Waals surface area contributed by atoms with Crippen molar-refractivity contribution < 1.29 is 13.2 Å². The molecule has 6 heteroatoms. The highest BCUT2D eigenvalue weighted by Gasteiger charge is 2.19. The van der Waals surface area contributed by atoms with Gasteiger partial charge in [0.25, 0.3) is 0 Å². The van der Waals surface area contributed by atoms with Crippen molar-refractivity contribution in [2.24, 2.45) is 0 Å². The number of hydrogen-bond donors (Lipinski definition) is 0. The van der Waals surface area contributed by atoms with Crippen LogP contribution in [-0.4, -0.2) is 40.0 Å². The molecule has 1 aromatic carbocycles. The molecule has 4 nitrogen and oxygen atoms in total. The van der Waals surface area contributed by atoms with E-state index in [2.05, 4.69) is 15.9 Å². The monoisotopic (exact) mass is 321 g/mol. The Balaban J connectivity index is 2.76. The zero-order valence-electron chi connectivity index (χ0n) is 9.89. The van der Waals surface area contributed by atoms with Gasteiger partial charge in [-0.15, -0.1) is 0 Å². The average molecular weight is 322 g/mol. The molecular formula is C11H16BrNO3S. The zero-order valence-corrected chi connectivity index (χ0v) is 12.3. The number of hydrogen-bond acceptors (Lipinski definition) is 3. The number of sulfonamides is 1. The van der Waals surface area contributed by atoms with E-state index in [9.17, 15) is 8.42 Å². The summed E-state index contributed by atoms with van der Waals surface area (Å²) in [5.74, 6) is 0. The Bertz CT molecular complexity index is 444. The van der Waals surface area contributed by atoms with Crippen LogP contribution in [0.1, 0.15) is 6.42 Å². The van der Waals surface area contributed by atoms with E-state index in [0.717, 1.165) is 4.47 Å². The highest BCUT2D eigenvalue weighted by atomic mass is 79.9. The van der Waals surface area contributed by atoms with Crippen LogP contribution in [0.15, 0.2) is 33.6 Å². The summed E-state index contributed by atoms with van der Waals surface area (Å²) in [6.45, 7) is 1.01. The van der Waals surface area contributed by atoms with Gasteiger partial charge in [-0.25, -0.2) is 12.7 Å². The molecule has 0 aromatic heterocycles. The molecule has 0 heterocycles. The lowest BCUT2D eigenvalue weighted by atomic mass is 10.4. The van der Waals surface area contributed by atoms with Crippen molar-refractivity contribution in [2.75, 3.05) is 27.3 Å². The van der Waals surface area contributed by atoms with E-state index in [1.807, 2.05) is 0 Å². The summed E-state index contributed by atoms with van der Waals surface area (Å²) in [6, 6.07) is 6.62. The van der Waals surface area contributed by atoms with E-state index in [0.29, 0.717) is 24.5 Å². The molecule has 1 rings (SSSR count). The van der Waals surface area contributed by atoms with E-state index in [1.54, 1.807) is 38.4 Å². The van der Waals surface area contributed by atoms with E-state index >= 15 is 0 Å². The molecule has 17 heavy (non-hydrogen) atoms. The second-order valence-corrected chi connectivity index (χ2v) is 6.59. The lowest BCUT2D eigenvalue weighted by molar-refractivity contribution is 0.189. The minimum atomic E-state index is -3.38. The number of ether oxygens (including phenoxy) is 1. The Kier molecular flexibility index (Phi) is 5.58. The van der Waals surface area contributed by atoms with Crippen LogP contribution >= 0.6 is 15.9 Å². The van der Waals surface area contributed by atoms with Gasteiger partial charge < -0.3 is 4.74 Å². The summed E-state index contributed by atoms with van der Waals surface area (Å²) in [5.41, 5.74) is 0. The zero-order chi connectivity index (χ0) is 12.9. The van der Waals surface area contributed by atoms with Crippen LogP contribution in [0.3, 0.4) is 0 Å². The van der Waals surface area contributed by atoms with Gasteiger partial charge in [0, 0.05) is 31.8 Å². The molecule has 0 saturated carbocycles. The minimum Gasteiger partial charge on any atom is -0.385 e. The molecule has 0 N–H and O–H groups in total. The molecule has 0 aliphatic carbocycles. The summed E-state index contributed by atoms with van der Waals surface area (Å²) < 4.78 is 31.3. The molecule has 0 spiro atoms. The van der Waals surface area contributed by atoms with Gasteiger partial charge in [-0.3, -0.25) is 0 Å². The molecule has 1 aromatic rings. The van der Waals surface area contributed by atoms with Crippen LogP contribution < -0.4 is 0 Å². The van der Waals surface area contributed by atoms with Gasteiger partial charge in [-0.2, -0.15) is 0 Å². The lowest BCUT2D eigenvalue weighted by Crippen LogP contribution is -2.28. The number of methoxy groups -OCH3 is 1. The van der Waals surface area contributed by atoms with Crippen molar-refractivity contribution in [1.29, 1.82) is 0 Å². The van der Waals surface area contributed by atoms with Crippen molar-refractivity contribution in [3.05, 3.63) is 28.7 Å². The van der Waals surface area contributed by atoms with Gasteiger partial charge >= 0.3 is 0 Å². The van der Waals surface area contributed by atoms with Crippen LogP contribution in [0, 0.1) is 0 Å². The predicted octanol–water partition coefficient (Wildman–Crippen LogP) is 2.11. The molecule has 0 saturated heterocycles. The normalized spacial score (nSPS) is 12.0. The summed E-state index contributed by atoms with van der Waals surface area (Å²) >= 11 is 3.28. The number of rotatable bonds is 6. The van der Waals surface area contributed by atoms with Crippen molar-refractivity contribution in [3.8, 4) is 0 Å². The number of nitrogens with zero attached hydrogens (tertiary/aromatic N) is 1. The Morgan fingerprint density at radius 2 is 1.88 bits per heavy atom. The standard InChI is InChI=1S/C11H16BrNO3S/c1-13(8-3-9-16-2)17(14,15)11-6-4-10(12)5-7-11/h4-7H,3,8-9H2,1-2H3. The summed E-state index contributed by atoms with van der Waals surface area (Å²) in [6.07, 6.45) is 0.683. The van der Waals surface area contributed by atoms with Crippen molar-refractivity contribution in [1.82, 2.24) is 4.31 Å².